The minimum Gasteiger partial charge on any atom is -0.497 e. The SMILES string of the molecule is COc1ccc(CC(=O)N2CCc3c(nc(C)n(C(c4ccccc4)c4ccccc4)c3=O)C2)cc1. The Bertz CT molecular complexity index is 1370. The summed E-state index contributed by atoms with van der Waals surface area (Å²) in [6.07, 6.45) is 0.797. The number of aromatic nitrogens is 2. The van der Waals surface area contributed by atoms with Gasteiger partial charge in [-0.2, -0.15) is 0 Å². The van der Waals surface area contributed by atoms with Gasteiger partial charge in [0.25, 0.3) is 5.56 Å². The number of fused-ring (bicyclic) bond motifs is 1. The largest absolute Gasteiger partial charge is 0.497 e. The third-order valence-electron chi connectivity index (χ3n) is 6.80. The van der Waals surface area contributed by atoms with Crippen LogP contribution >= 0.6 is 0 Å². The summed E-state index contributed by atoms with van der Waals surface area (Å²) in [5, 5.41) is 0. The van der Waals surface area contributed by atoms with Crippen molar-refractivity contribution in [2.24, 2.45) is 0 Å². The molecule has 5 rings (SSSR count). The van der Waals surface area contributed by atoms with Gasteiger partial charge < -0.3 is 9.64 Å². The second kappa shape index (κ2) is 10.2. The molecule has 4 aromatic rings. The second-order valence-corrected chi connectivity index (χ2v) is 9.07. The molecular weight excluding hydrogens is 450 g/mol. The summed E-state index contributed by atoms with van der Waals surface area (Å²) < 4.78 is 7.00. The van der Waals surface area contributed by atoms with Crippen LogP contribution in [0.1, 0.15) is 39.8 Å². The summed E-state index contributed by atoms with van der Waals surface area (Å²) in [5.74, 6) is 1.43. The van der Waals surface area contributed by atoms with E-state index in [4.69, 9.17) is 9.72 Å². The van der Waals surface area contributed by atoms with Gasteiger partial charge in [-0.15, -0.1) is 0 Å². The summed E-state index contributed by atoms with van der Waals surface area (Å²) in [5.41, 5.74) is 4.36. The first-order chi connectivity index (χ1) is 17.5. The number of carbonyl (C=O) groups is 1. The van der Waals surface area contributed by atoms with Crippen LogP contribution < -0.4 is 10.3 Å². The molecule has 6 heteroatoms. The van der Waals surface area contributed by atoms with Gasteiger partial charge >= 0.3 is 0 Å². The molecule has 0 atom stereocenters. The summed E-state index contributed by atoms with van der Waals surface area (Å²) in [6.45, 7) is 2.73. The van der Waals surface area contributed by atoms with E-state index in [1.165, 1.54) is 0 Å². The van der Waals surface area contributed by atoms with Crippen molar-refractivity contribution in [2.75, 3.05) is 13.7 Å². The fraction of sp³-hybridized carbons (Fsp3) is 0.233. The fourth-order valence-corrected chi connectivity index (χ4v) is 4.93. The van der Waals surface area contributed by atoms with Gasteiger partial charge in [0, 0.05) is 12.1 Å². The smallest absolute Gasteiger partial charge is 0.257 e. The minimum atomic E-state index is -0.271. The molecule has 0 unspecified atom stereocenters. The van der Waals surface area contributed by atoms with Gasteiger partial charge in [-0.1, -0.05) is 72.8 Å². The second-order valence-electron chi connectivity index (χ2n) is 9.07. The van der Waals surface area contributed by atoms with E-state index >= 15 is 0 Å². The molecule has 0 N–H and O–H groups in total. The number of ether oxygens (including phenoxy) is 1. The third kappa shape index (κ3) is 4.67. The number of hydrogen-bond acceptors (Lipinski definition) is 4. The zero-order valence-corrected chi connectivity index (χ0v) is 20.6. The first kappa shape index (κ1) is 23.5. The van der Waals surface area contributed by atoms with Gasteiger partial charge in [-0.05, 0) is 42.2 Å². The molecule has 0 fully saturated rings. The minimum absolute atomic E-state index is 0.0286. The molecule has 1 aliphatic rings. The number of hydrogen-bond donors (Lipinski definition) is 0. The molecular formula is C30H29N3O3. The molecule has 6 nitrogen and oxygen atoms in total. The Morgan fingerprint density at radius 3 is 2.14 bits per heavy atom. The monoisotopic (exact) mass is 479 g/mol. The van der Waals surface area contributed by atoms with Crippen molar-refractivity contribution >= 4 is 5.91 Å². The molecule has 1 amide bonds. The molecule has 0 bridgehead atoms. The number of amides is 1. The lowest BCUT2D eigenvalue weighted by molar-refractivity contribution is -0.131. The fourth-order valence-electron chi connectivity index (χ4n) is 4.93. The molecule has 36 heavy (non-hydrogen) atoms. The zero-order valence-electron chi connectivity index (χ0n) is 20.6. The third-order valence-corrected chi connectivity index (χ3v) is 6.80. The van der Waals surface area contributed by atoms with Crippen LogP contribution in [0.15, 0.2) is 89.7 Å². The normalized spacial score (nSPS) is 12.9. The van der Waals surface area contributed by atoms with E-state index < -0.39 is 0 Å². The highest BCUT2D eigenvalue weighted by Gasteiger charge is 2.28. The van der Waals surface area contributed by atoms with Crippen molar-refractivity contribution in [3.05, 3.63) is 129 Å². The van der Waals surface area contributed by atoms with E-state index in [-0.39, 0.29) is 17.5 Å². The number of carbonyl (C=O) groups excluding carboxylic acids is 1. The summed E-state index contributed by atoms with van der Waals surface area (Å²) >= 11 is 0. The van der Waals surface area contributed by atoms with Crippen LogP contribution in [0.25, 0.3) is 0 Å². The predicted octanol–water partition coefficient (Wildman–Crippen LogP) is 4.33. The highest BCUT2D eigenvalue weighted by molar-refractivity contribution is 5.79. The molecule has 0 aliphatic carbocycles. The van der Waals surface area contributed by atoms with Gasteiger partial charge in [-0.3, -0.25) is 14.2 Å². The lowest BCUT2D eigenvalue weighted by Crippen LogP contribution is -2.42. The topological polar surface area (TPSA) is 64.4 Å². The van der Waals surface area contributed by atoms with E-state index in [1.807, 2.05) is 91.9 Å². The Labute approximate surface area is 210 Å². The van der Waals surface area contributed by atoms with Crippen molar-refractivity contribution in [3.8, 4) is 5.75 Å². The van der Waals surface area contributed by atoms with Gasteiger partial charge in [0.2, 0.25) is 5.91 Å². The molecule has 1 aliphatic heterocycles. The van der Waals surface area contributed by atoms with E-state index in [0.29, 0.717) is 43.0 Å². The molecule has 0 saturated heterocycles. The van der Waals surface area contributed by atoms with Crippen LogP contribution in [-0.2, 0) is 24.2 Å². The summed E-state index contributed by atoms with van der Waals surface area (Å²) in [4.78, 5) is 33.6. The number of benzene rings is 3. The molecule has 3 aromatic carbocycles. The Balaban J connectivity index is 1.45. The quantitative estimate of drug-likeness (QED) is 0.413. The van der Waals surface area contributed by atoms with Crippen LogP contribution in [-0.4, -0.2) is 34.0 Å². The maximum atomic E-state index is 13.9. The highest BCUT2D eigenvalue weighted by atomic mass is 16.5. The number of rotatable bonds is 6. The maximum Gasteiger partial charge on any atom is 0.257 e. The van der Waals surface area contributed by atoms with Crippen molar-refractivity contribution in [1.29, 1.82) is 0 Å². The van der Waals surface area contributed by atoms with Crippen molar-refractivity contribution in [3.63, 3.8) is 0 Å². The van der Waals surface area contributed by atoms with Crippen LogP contribution in [0.3, 0.4) is 0 Å². The first-order valence-corrected chi connectivity index (χ1v) is 12.2. The first-order valence-electron chi connectivity index (χ1n) is 12.2. The Morgan fingerprint density at radius 1 is 0.944 bits per heavy atom. The molecule has 0 radical (unpaired) electrons. The van der Waals surface area contributed by atoms with Crippen LogP contribution in [0.4, 0.5) is 0 Å². The molecule has 0 saturated carbocycles. The number of methoxy groups -OCH3 is 1. The average molecular weight is 480 g/mol. The number of nitrogens with zero attached hydrogens (tertiary/aromatic N) is 3. The summed E-state index contributed by atoms with van der Waals surface area (Å²) in [7, 11) is 1.62. The highest BCUT2D eigenvalue weighted by Crippen LogP contribution is 2.27. The van der Waals surface area contributed by atoms with Crippen LogP contribution in [0.5, 0.6) is 5.75 Å². The van der Waals surface area contributed by atoms with Crippen LogP contribution in [0, 0.1) is 6.92 Å². The Hall–Kier alpha value is -4.19. The van der Waals surface area contributed by atoms with Gasteiger partial charge in [0.05, 0.1) is 31.8 Å². The van der Waals surface area contributed by atoms with Crippen molar-refractivity contribution < 1.29 is 9.53 Å². The lowest BCUT2D eigenvalue weighted by Gasteiger charge is -2.30. The van der Waals surface area contributed by atoms with E-state index in [2.05, 4.69) is 0 Å². The lowest BCUT2D eigenvalue weighted by atomic mass is 9.97. The zero-order chi connectivity index (χ0) is 25.1. The van der Waals surface area contributed by atoms with Crippen molar-refractivity contribution in [1.82, 2.24) is 14.5 Å². The molecule has 1 aromatic heterocycles. The van der Waals surface area contributed by atoms with Crippen molar-refractivity contribution in [2.45, 2.75) is 32.4 Å². The van der Waals surface area contributed by atoms with E-state index in [1.54, 1.807) is 16.6 Å². The standard InChI is InChI=1S/C30H29N3O3/c1-21-31-27-20-32(28(34)19-22-13-15-25(36-2)16-14-22)18-17-26(27)30(35)33(21)29(23-9-5-3-6-10-23)24-11-7-4-8-12-24/h3-16,29H,17-20H2,1-2H3. The Kier molecular flexibility index (Phi) is 6.67. The average Bonchev–Trinajstić information content (AvgIpc) is 2.92. The van der Waals surface area contributed by atoms with Gasteiger partial charge in [0.15, 0.2) is 0 Å². The van der Waals surface area contributed by atoms with Gasteiger partial charge in [-0.25, -0.2) is 4.98 Å². The van der Waals surface area contributed by atoms with E-state index in [0.717, 1.165) is 22.4 Å². The van der Waals surface area contributed by atoms with Gasteiger partial charge in [0.1, 0.15) is 11.6 Å². The van der Waals surface area contributed by atoms with Crippen LogP contribution in [0.2, 0.25) is 0 Å². The predicted molar refractivity (Wildman–Crippen MR) is 139 cm³/mol. The number of aryl methyl sites for hydroxylation is 1. The molecule has 0 spiro atoms. The molecule has 182 valence electrons. The summed E-state index contributed by atoms with van der Waals surface area (Å²) in [6, 6.07) is 27.3. The maximum absolute atomic E-state index is 13.9. The molecule has 2 heterocycles. The van der Waals surface area contributed by atoms with E-state index in [9.17, 15) is 9.59 Å². The Morgan fingerprint density at radius 2 is 1.56 bits per heavy atom.